The number of carbonyl (C=O) groups excluding carboxylic acids is 1. The number of hydrogen-bond acceptors (Lipinski definition) is 5. The van der Waals surface area contributed by atoms with Crippen molar-refractivity contribution >= 4 is 11.7 Å². The Morgan fingerprint density at radius 1 is 1.25 bits per heavy atom. The van der Waals surface area contributed by atoms with Crippen LogP contribution in [-0.4, -0.2) is 44.7 Å². The molecule has 1 aliphatic heterocycles. The molecule has 7 nitrogen and oxygen atoms in total. The van der Waals surface area contributed by atoms with E-state index in [2.05, 4.69) is 20.4 Å². The Labute approximate surface area is 157 Å². The number of nitrogens with zero attached hydrogens (tertiary/aromatic N) is 4. The molecule has 146 valence electrons. The van der Waals surface area contributed by atoms with Gasteiger partial charge in [-0.2, -0.15) is 22.7 Å². The maximum atomic E-state index is 13.5. The van der Waals surface area contributed by atoms with E-state index < -0.39 is 17.8 Å². The standard InChI is InChI=1S/C18H16F3N5O2/c19-18(20,21)14-9-13(11-5-2-1-3-6-11)23-17-24-15(25-26(14)17)16(27)22-10-12-7-4-8-28-12/h1-3,5-6,9,12H,4,7-8,10H2,(H,22,27). The third kappa shape index (κ3) is 3.68. The molecule has 0 radical (unpaired) electrons. The van der Waals surface area contributed by atoms with E-state index in [-0.39, 0.29) is 29.9 Å². The van der Waals surface area contributed by atoms with Crippen LogP contribution in [0.4, 0.5) is 13.2 Å². The predicted molar refractivity (Wildman–Crippen MR) is 92.5 cm³/mol. The number of carbonyl (C=O) groups is 1. The third-order valence-electron chi connectivity index (χ3n) is 4.39. The quantitative estimate of drug-likeness (QED) is 0.740. The van der Waals surface area contributed by atoms with Crippen LogP contribution in [0.15, 0.2) is 36.4 Å². The van der Waals surface area contributed by atoms with Gasteiger partial charge in [-0.25, -0.2) is 4.98 Å². The van der Waals surface area contributed by atoms with Gasteiger partial charge in [0.2, 0.25) is 5.82 Å². The molecule has 2 aromatic heterocycles. The summed E-state index contributed by atoms with van der Waals surface area (Å²) < 4.78 is 46.6. The molecule has 28 heavy (non-hydrogen) atoms. The largest absolute Gasteiger partial charge is 0.433 e. The molecule has 3 heterocycles. The first-order valence-electron chi connectivity index (χ1n) is 8.72. The predicted octanol–water partition coefficient (Wildman–Crippen LogP) is 2.72. The van der Waals surface area contributed by atoms with Gasteiger partial charge >= 0.3 is 6.18 Å². The van der Waals surface area contributed by atoms with Gasteiger partial charge in [0, 0.05) is 18.7 Å². The molecule has 1 aliphatic rings. The first kappa shape index (κ1) is 18.4. The number of nitrogens with one attached hydrogen (secondary N) is 1. The van der Waals surface area contributed by atoms with Crippen molar-refractivity contribution in [1.29, 1.82) is 0 Å². The summed E-state index contributed by atoms with van der Waals surface area (Å²) in [5.74, 6) is -1.34. The molecular formula is C18H16F3N5O2. The molecule has 1 N–H and O–H groups in total. The molecule has 4 rings (SSSR count). The summed E-state index contributed by atoms with van der Waals surface area (Å²) in [6, 6.07) is 9.32. The van der Waals surface area contributed by atoms with Crippen LogP contribution in [0.1, 0.15) is 29.2 Å². The Morgan fingerprint density at radius 2 is 2.04 bits per heavy atom. The second-order valence-electron chi connectivity index (χ2n) is 6.38. The molecule has 10 heteroatoms. The monoisotopic (exact) mass is 391 g/mol. The van der Waals surface area contributed by atoms with Crippen molar-refractivity contribution in [2.24, 2.45) is 0 Å². The fourth-order valence-corrected chi connectivity index (χ4v) is 3.01. The molecule has 0 bridgehead atoms. The maximum Gasteiger partial charge on any atom is 0.433 e. The zero-order chi connectivity index (χ0) is 19.7. The van der Waals surface area contributed by atoms with Gasteiger partial charge in [-0.1, -0.05) is 30.3 Å². The van der Waals surface area contributed by atoms with E-state index in [1.54, 1.807) is 30.3 Å². The van der Waals surface area contributed by atoms with Crippen LogP contribution in [0.3, 0.4) is 0 Å². The second kappa shape index (κ2) is 7.19. The Hall–Kier alpha value is -3.01. The first-order valence-corrected chi connectivity index (χ1v) is 8.72. The number of ether oxygens (including phenoxy) is 1. The van der Waals surface area contributed by atoms with E-state index in [0.717, 1.165) is 18.9 Å². The average Bonchev–Trinajstić information content (AvgIpc) is 3.34. The van der Waals surface area contributed by atoms with E-state index >= 15 is 0 Å². The number of fused-ring (bicyclic) bond motifs is 1. The van der Waals surface area contributed by atoms with Crippen molar-refractivity contribution in [1.82, 2.24) is 24.9 Å². The van der Waals surface area contributed by atoms with Crippen LogP contribution >= 0.6 is 0 Å². The van der Waals surface area contributed by atoms with Gasteiger partial charge < -0.3 is 10.1 Å². The molecule has 3 aromatic rings. The molecule has 1 fully saturated rings. The SMILES string of the molecule is O=C(NCC1CCCO1)c1nc2nc(-c3ccccc3)cc(C(F)(F)F)n2n1. The summed E-state index contributed by atoms with van der Waals surface area (Å²) in [5.41, 5.74) is -0.455. The number of amides is 1. The van der Waals surface area contributed by atoms with E-state index in [1.165, 1.54) is 0 Å². The van der Waals surface area contributed by atoms with Crippen LogP contribution in [0.2, 0.25) is 0 Å². The molecule has 1 unspecified atom stereocenters. The molecule has 1 aromatic carbocycles. The normalized spacial score (nSPS) is 17.2. The van der Waals surface area contributed by atoms with E-state index in [0.29, 0.717) is 16.7 Å². The lowest BCUT2D eigenvalue weighted by molar-refractivity contribution is -0.142. The second-order valence-corrected chi connectivity index (χ2v) is 6.38. The van der Waals surface area contributed by atoms with Gasteiger partial charge in [-0.15, -0.1) is 5.10 Å². The van der Waals surface area contributed by atoms with Crippen LogP contribution < -0.4 is 5.32 Å². The summed E-state index contributed by atoms with van der Waals surface area (Å²) in [4.78, 5) is 20.3. The Balaban J connectivity index is 1.69. The Bertz CT molecular complexity index is 998. The highest BCUT2D eigenvalue weighted by atomic mass is 19.4. The highest BCUT2D eigenvalue weighted by Crippen LogP contribution is 2.31. The number of alkyl halides is 3. The minimum Gasteiger partial charge on any atom is -0.376 e. The number of halogens is 3. The Kier molecular flexibility index (Phi) is 4.71. The molecule has 0 saturated carbocycles. The van der Waals surface area contributed by atoms with Crippen LogP contribution in [0.5, 0.6) is 0 Å². The van der Waals surface area contributed by atoms with Crippen LogP contribution in [0.25, 0.3) is 17.0 Å². The summed E-state index contributed by atoms with van der Waals surface area (Å²) in [7, 11) is 0. The smallest absolute Gasteiger partial charge is 0.376 e. The highest BCUT2D eigenvalue weighted by Gasteiger charge is 2.36. The van der Waals surface area contributed by atoms with E-state index in [9.17, 15) is 18.0 Å². The fourth-order valence-electron chi connectivity index (χ4n) is 3.01. The van der Waals surface area contributed by atoms with Gasteiger partial charge in [0.1, 0.15) is 0 Å². The Morgan fingerprint density at radius 3 is 2.71 bits per heavy atom. The van der Waals surface area contributed by atoms with Gasteiger partial charge in [-0.3, -0.25) is 4.79 Å². The summed E-state index contributed by atoms with van der Waals surface area (Å²) in [6.07, 6.45) is -3.06. The third-order valence-corrected chi connectivity index (χ3v) is 4.39. The van der Waals surface area contributed by atoms with E-state index in [4.69, 9.17) is 4.74 Å². The zero-order valence-corrected chi connectivity index (χ0v) is 14.6. The molecule has 1 saturated heterocycles. The van der Waals surface area contributed by atoms with Crippen molar-refractivity contribution in [3.8, 4) is 11.3 Å². The lowest BCUT2D eigenvalue weighted by atomic mass is 10.1. The fraction of sp³-hybridized carbons (Fsp3) is 0.333. The molecule has 1 amide bonds. The van der Waals surface area contributed by atoms with Crippen molar-refractivity contribution in [2.75, 3.05) is 13.2 Å². The molecule has 1 atom stereocenters. The molecular weight excluding hydrogens is 375 g/mol. The van der Waals surface area contributed by atoms with E-state index in [1.807, 2.05) is 0 Å². The van der Waals surface area contributed by atoms with Crippen LogP contribution in [-0.2, 0) is 10.9 Å². The molecule has 0 aliphatic carbocycles. The average molecular weight is 391 g/mol. The lowest BCUT2D eigenvalue weighted by Gasteiger charge is -2.10. The van der Waals surface area contributed by atoms with Crippen molar-refractivity contribution in [3.63, 3.8) is 0 Å². The van der Waals surface area contributed by atoms with Gasteiger partial charge in [0.15, 0.2) is 5.69 Å². The van der Waals surface area contributed by atoms with Crippen molar-refractivity contribution in [3.05, 3.63) is 47.9 Å². The van der Waals surface area contributed by atoms with Gasteiger partial charge in [-0.05, 0) is 18.9 Å². The number of benzene rings is 1. The first-order chi connectivity index (χ1) is 13.4. The number of rotatable bonds is 4. The lowest BCUT2D eigenvalue weighted by Crippen LogP contribution is -2.32. The topological polar surface area (TPSA) is 81.4 Å². The van der Waals surface area contributed by atoms with Crippen molar-refractivity contribution in [2.45, 2.75) is 25.1 Å². The minimum atomic E-state index is -4.69. The number of hydrogen-bond donors (Lipinski definition) is 1. The zero-order valence-electron chi connectivity index (χ0n) is 14.6. The maximum absolute atomic E-state index is 13.5. The highest BCUT2D eigenvalue weighted by molar-refractivity contribution is 5.90. The summed E-state index contributed by atoms with van der Waals surface area (Å²) in [6.45, 7) is 0.886. The number of aromatic nitrogens is 4. The van der Waals surface area contributed by atoms with Gasteiger partial charge in [0.25, 0.3) is 11.7 Å². The van der Waals surface area contributed by atoms with Crippen molar-refractivity contribution < 1.29 is 22.7 Å². The van der Waals surface area contributed by atoms with Crippen LogP contribution in [0, 0.1) is 0 Å². The summed E-state index contributed by atoms with van der Waals surface area (Å²) >= 11 is 0. The van der Waals surface area contributed by atoms with Gasteiger partial charge in [0.05, 0.1) is 11.8 Å². The minimum absolute atomic E-state index is 0.0964. The molecule has 0 spiro atoms. The summed E-state index contributed by atoms with van der Waals surface area (Å²) in [5, 5.41) is 6.32.